The summed E-state index contributed by atoms with van der Waals surface area (Å²) in [6.07, 6.45) is 2.57. The number of aryl methyl sites for hydroxylation is 2. The summed E-state index contributed by atoms with van der Waals surface area (Å²) in [7, 11) is 0. The second kappa shape index (κ2) is 8.67. The second-order valence-corrected chi connectivity index (χ2v) is 10.4. The molecule has 2 fully saturated rings. The minimum Gasteiger partial charge on any atom is -0.379 e. The number of nitrogens with zero attached hydrogens (tertiary/aromatic N) is 4. The molecule has 1 N–H and O–H groups in total. The number of carbonyl (C=O) groups excluding carboxylic acids is 1. The van der Waals surface area contributed by atoms with Crippen molar-refractivity contribution < 1.29 is 9.53 Å². The lowest BCUT2D eigenvalue weighted by atomic mass is 9.95. The number of rotatable bonds is 4. The molecular weight excluding hydrogens is 446 g/mol. The van der Waals surface area contributed by atoms with E-state index in [9.17, 15) is 4.79 Å². The number of anilines is 1. The number of carbonyl (C=O) groups is 1. The van der Waals surface area contributed by atoms with Gasteiger partial charge >= 0.3 is 0 Å². The number of amides is 1. The van der Waals surface area contributed by atoms with Crippen LogP contribution in [0.2, 0.25) is 0 Å². The van der Waals surface area contributed by atoms with Crippen LogP contribution in [-0.2, 0) is 9.53 Å². The lowest BCUT2D eigenvalue weighted by Gasteiger charge is -2.32. The zero-order chi connectivity index (χ0) is 23.2. The highest BCUT2D eigenvalue weighted by Gasteiger charge is 2.30. The number of aromatic nitrogens is 3. The lowest BCUT2D eigenvalue weighted by Crippen LogP contribution is -2.44. The standard InChI is InChI=1S/C26H29N5O2S/c1-16-11-22-23(12-17(16)2)31(20-3-4-21-24(13-20)34-15-27-21)26(29-22)30-8-5-18(6-9-30)25(32)28-19-7-10-33-14-19/h3-4,11-13,15,18-19H,5-10,14H2,1-2H3,(H,28,32). The summed E-state index contributed by atoms with van der Waals surface area (Å²) in [5.41, 5.74) is 8.62. The zero-order valence-electron chi connectivity index (χ0n) is 19.6. The van der Waals surface area contributed by atoms with Crippen molar-refractivity contribution in [3.8, 4) is 5.69 Å². The molecule has 2 aromatic heterocycles. The van der Waals surface area contributed by atoms with Gasteiger partial charge in [0.15, 0.2) is 0 Å². The fraction of sp³-hybridized carbons (Fsp3) is 0.423. The van der Waals surface area contributed by atoms with Crippen LogP contribution >= 0.6 is 11.3 Å². The number of piperidine rings is 1. The van der Waals surface area contributed by atoms with Crippen LogP contribution < -0.4 is 10.2 Å². The number of hydrogen-bond donors (Lipinski definition) is 1. The normalized spacial score (nSPS) is 19.4. The topological polar surface area (TPSA) is 72.3 Å². The van der Waals surface area contributed by atoms with Gasteiger partial charge in [0.25, 0.3) is 0 Å². The first-order chi connectivity index (χ1) is 16.6. The summed E-state index contributed by atoms with van der Waals surface area (Å²) in [5.74, 6) is 1.17. The summed E-state index contributed by atoms with van der Waals surface area (Å²) >= 11 is 1.66. The van der Waals surface area contributed by atoms with Gasteiger partial charge in [0.1, 0.15) is 0 Å². The zero-order valence-corrected chi connectivity index (χ0v) is 20.4. The summed E-state index contributed by atoms with van der Waals surface area (Å²) in [4.78, 5) is 24.7. The molecule has 2 aromatic carbocycles. The van der Waals surface area contributed by atoms with Crippen molar-refractivity contribution in [3.05, 3.63) is 47.0 Å². The number of nitrogens with one attached hydrogen (secondary N) is 1. The SMILES string of the molecule is Cc1cc2nc(N3CCC(C(=O)NC4CCOC4)CC3)n(-c3ccc4ncsc4c3)c2cc1C. The Morgan fingerprint density at radius 3 is 2.71 bits per heavy atom. The molecule has 2 aliphatic rings. The molecule has 1 amide bonds. The predicted molar refractivity (Wildman–Crippen MR) is 136 cm³/mol. The molecule has 1 atom stereocenters. The highest BCUT2D eigenvalue weighted by atomic mass is 32.1. The van der Waals surface area contributed by atoms with E-state index in [4.69, 9.17) is 9.72 Å². The van der Waals surface area contributed by atoms with Gasteiger partial charge in [0, 0.05) is 25.6 Å². The highest BCUT2D eigenvalue weighted by Crippen LogP contribution is 2.33. The van der Waals surface area contributed by atoms with Crippen molar-refractivity contribution in [1.29, 1.82) is 0 Å². The van der Waals surface area contributed by atoms with Crippen molar-refractivity contribution in [2.75, 3.05) is 31.2 Å². The molecule has 0 saturated carbocycles. The molecule has 0 radical (unpaired) electrons. The third kappa shape index (κ3) is 3.84. The molecule has 7 nitrogen and oxygen atoms in total. The van der Waals surface area contributed by atoms with E-state index in [1.807, 2.05) is 5.51 Å². The first-order valence-corrected chi connectivity index (χ1v) is 12.9. The van der Waals surface area contributed by atoms with Crippen LogP contribution in [0, 0.1) is 19.8 Å². The minimum absolute atomic E-state index is 0.0488. The van der Waals surface area contributed by atoms with E-state index in [1.165, 1.54) is 15.8 Å². The lowest BCUT2D eigenvalue weighted by molar-refractivity contribution is -0.126. The summed E-state index contributed by atoms with van der Waals surface area (Å²) in [6.45, 7) is 7.28. The maximum Gasteiger partial charge on any atom is 0.223 e. The van der Waals surface area contributed by atoms with E-state index >= 15 is 0 Å². The fourth-order valence-electron chi connectivity index (χ4n) is 5.08. The number of thiazole rings is 1. The third-order valence-corrected chi connectivity index (χ3v) is 8.04. The maximum atomic E-state index is 12.8. The Hall–Kier alpha value is -2.97. The number of benzene rings is 2. The number of imidazole rings is 1. The average Bonchev–Trinajstić information content (AvgIpc) is 3.59. The Labute approximate surface area is 202 Å². The molecule has 0 spiro atoms. The molecule has 176 valence electrons. The van der Waals surface area contributed by atoms with E-state index in [2.05, 4.69) is 63.9 Å². The number of fused-ring (bicyclic) bond motifs is 2. The Balaban J connectivity index is 1.32. The largest absolute Gasteiger partial charge is 0.379 e. The van der Waals surface area contributed by atoms with Gasteiger partial charge in [0.2, 0.25) is 11.9 Å². The summed E-state index contributed by atoms with van der Waals surface area (Å²) < 4.78 is 8.85. The third-order valence-electron chi connectivity index (χ3n) is 7.25. The van der Waals surface area contributed by atoms with Crippen LogP contribution in [0.4, 0.5) is 5.95 Å². The van der Waals surface area contributed by atoms with Crippen LogP contribution in [0.3, 0.4) is 0 Å². The number of hydrogen-bond acceptors (Lipinski definition) is 6. The van der Waals surface area contributed by atoms with Crippen LogP contribution in [0.25, 0.3) is 26.9 Å². The fourth-order valence-corrected chi connectivity index (χ4v) is 5.79. The van der Waals surface area contributed by atoms with E-state index in [-0.39, 0.29) is 17.9 Å². The molecule has 34 heavy (non-hydrogen) atoms. The molecule has 0 aliphatic carbocycles. The minimum atomic E-state index is 0.0488. The predicted octanol–water partition coefficient (Wildman–Crippen LogP) is 4.37. The summed E-state index contributed by atoms with van der Waals surface area (Å²) in [6, 6.07) is 11.0. The smallest absolute Gasteiger partial charge is 0.223 e. The molecule has 2 aliphatic heterocycles. The van der Waals surface area contributed by atoms with Crippen LogP contribution in [0.1, 0.15) is 30.4 Å². The van der Waals surface area contributed by atoms with Crippen molar-refractivity contribution >= 4 is 44.4 Å². The molecule has 4 heterocycles. The van der Waals surface area contributed by atoms with Crippen molar-refractivity contribution in [2.24, 2.45) is 5.92 Å². The molecule has 4 aromatic rings. The Bertz CT molecular complexity index is 1360. The van der Waals surface area contributed by atoms with Gasteiger partial charge in [0.05, 0.1) is 45.1 Å². The van der Waals surface area contributed by atoms with Gasteiger partial charge in [-0.15, -0.1) is 11.3 Å². The first kappa shape index (κ1) is 21.6. The van der Waals surface area contributed by atoms with Gasteiger partial charge < -0.3 is 15.0 Å². The van der Waals surface area contributed by atoms with E-state index in [0.717, 1.165) is 67.1 Å². The Morgan fingerprint density at radius 2 is 1.91 bits per heavy atom. The summed E-state index contributed by atoms with van der Waals surface area (Å²) in [5, 5.41) is 3.18. The van der Waals surface area contributed by atoms with Gasteiger partial charge in [-0.2, -0.15) is 0 Å². The Kier molecular flexibility index (Phi) is 5.50. The molecule has 0 bridgehead atoms. The number of ether oxygens (including phenoxy) is 1. The van der Waals surface area contributed by atoms with Crippen LogP contribution in [0.15, 0.2) is 35.8 Å². The van der Waals surface area contributed by atoms with Crippen LogP contribution in [0.5, 0.6) is 0 Å². The Morgan fingerprint density at radius 1 is 1.09 bits per heavy atom. The van der Waals surface area contributed by atoms with E-state index < -0.39 is 0 Å². The first-order valence-electron chi connectivity index (χ1n) is 12.0. The van der Waals surface area contributed by atoms with E-state index in [1.54, 1.807) is 11.3 Å². The van der Waals surface area contributed by atoms with Crippen LogP contribution in [-0.4, -0.2) is 52.8 Å². The van der Waals surface area contributed by atoms with E-state index in [0.29, 0.717) is 6.61 Å². The van der Waals surface area contributed by atoms with Crippen molar-refractivity contribution in [2.45, 2.75) is 39.2 Å². The quantitative estimate of drug-likeness (QED) is 0.474. The molecule has 1 unspecified atom stereocenters. The molecule has 2 saturated heterocycles. The molecule has 8 heteroatoms. The van der Waals surface area contributed by atoms with Gasteiger partial charge in [-0.05, 0) is 74.6 Å². The van der Waals surface area contributed by atoms with Crippen molar-refractivity contribution in [1.82, 2.24) is 19.9 Å². The van der Waals surface area contributed by atoms with Gasteiger partial charge in [-0.25, -0.2) is 9.97 Å². The monoisotopic (exact) mass is 475 g/mol. The molecular formula is C26H29N5O2S. The molecule has 6 rings (SSSR count). The maximum absolute atomic E-state index is 12.8. The van der Waals surface area contributed by atoms with Gasteiger partial charge in [-0.3, -0.25) is 9.36 Å². The average molecular weight is 476 g/mol. The van der Waals surface area contributed by atoms with Crippen molar-refractivity contribution in [3.63, 3.8) is 0 Å². The second-order valence-electron chi connectivity index (χ2n) is 9.51. The highest BCUT2D eigenvalue weighted by molar-refractivity contribution is 7.16. The van der Waals surface area contributed by atoms with Gasteiger partial charge in [-0.1, -0.05) is 0 Å².